The Morgan fingerprint density at radius 1 is 1.04 bits per heavy atom. The zero-order chi connectivity index (χ0) is 34.2. The van der Waals surface area contributed by atoms with Gasteiger partial charge in [0.25, 0.3) is 10.0 Å². The summed E-state index contributed by atoms with van der Waals surface area (Å²) in [6.07, 6.45) is -1.16. The van der Waals surface area contributed by atoms with Gasteiger partial charge in [0.15, 0.2) is 5.82 Å². The smallest absolute Gasteiger partial charge is 0.430 e. The Morgan fingerprint density at radius 2 is 1.70 bits per heavy atom. The monoisotopic (exact) mass is 699 g/mol. The molecule has 2 heterocycles. The summed E-state index contributed by atoms with van der Waals surface area (Å²) < 4.78 is 68.5. The highest BCUT2D eigenvalue weighted by Gasteiger charge is 2.38. The molecule has 3 aromatic rings. The number of benzene rings is 2. The molecule has 0 radical (unpaired) electrons. The van der Waals surface area contributed by atoms with Crippen molar-refractivity contribution in [1.82, 2.24) is 9.88 Å². The number of aromatic nitrogens is 1. The molecule has 2 aromatic carbocycles. The molecule has 1 N–H and O–H groups in total. The van der Waals surface area contributed by atoms with E-state index in [0.717, 1.165) is 23.5 Å². The van der Waals surface area contributed by atoms with Crippen LogP contribution in [0.25, 0.3) is 0 Å². The SMILES string of the molecule is CN(C(=O)OC(C)(C)C)C1CCN(c2cc(F)ccc2Nc2cc(F)c(S(=O)(=O)N(C(=O)OC(C)(C)C)c3cscn3)cc2Cl)C1. The van der Waals surface area contributed by atoms with Crippen molar-refractivity contribution in [2.75, 3.05) is 34.7 Å². The maximum atomic E-state index is 15.6. The molecule has 0 bridgehead atoms. The van der Waals surface area contributed by atoms with Crippen molar-refractivity contribution in [1.29, 1.82) is 0 Å². The van der Waals surface area contributed by atoms with Gasteiger partial charge in [-0.05, 0) is 72.2 Å². The minimum atomic E-state index is -4.88. The van der Waals surface area contributed by atoms with E-state index in [9.17, 15) is 22.4 Å². The predicted octanol–water partition coefficient (Wildman–Crippen LogP) is 7.39. The molecule has 1 aliphatic rings. The topological polar surface area (TPSA) is 121 Å². The van der Waals surface area contributed by atoms with Crippen LogP contribution in [0.3, 0.4) is 0 Å². The third-order valence-corrected chi connectivity index (χ3v) is 9.26. The Hall–Kier alpha value is -3.69. The van der Waals surface area contributed by atoms with Gasteiger partial charge in [0.2, 0.25) is 0 Å². The lowest BCUT2D eigenvalue weighted by Crippen LogP contribution is -2.42. The fraction of sp³-hybridized carbons (Fsp3) is 0.433. The first-order valence-corrected chi connectivity index (χ1v) is 17.0. The molecule has 16 heteroatoms. The number of anilines is 4. The highest BCUT2D eigenvalue weighted by molar-refractivity contribution is 7.93. The number of amides is 2. The van der Waals surface area contributed by atoms with E-state index < -0.39 is 49.9 Å². The normalized spacial score (nSPS) is 15.4. The summed E-state index contributed by atoms with van der Waals surface area (Å²) in [6, 6.07) is 5.49. The molecule has 1 aromatic heterocycles. The summed E-state index contributed by atoms with van der Waals surface area (Å²) in [4.78, 5) is 32.0. The second-order valence-electron chi connectivity index (χ2n) is 12.6. The summed E-state index contributed by atoms with van der Waals surface area (Å²) in [6.45, 7) is 10.8. The summed E-state index contributed by atoms with van der Waals surface area (Å²) in [5.74, 6) is -2.00. The van der Waals surface area contributed by atoms with Crippen LogP contribution in [-0.4, -0.2) is 67.9 Å². The number of carbonyl (C=O) groups is 2. The molecule has 4 rings (SSSR count). The Balaban J connectivity index is 1.62. The van der Waals surface area contributed by atoms with Gasteiger partial charge in [0.05, 0.1) is 33.6 Å². The van der Waals surface area contributed by atoms with Crippen LogP contribution >= 0.6 is 22.9 Å². The van der Waals surface area contributed by atoms with Crippen molar-refractivity contribution in [3.63, 3.8) is 0 Å². The lowest BCUT2D eigenvalue weighted by atomic mass is 10.2. The van der Waals surface area contributed by atoms with Gasteiger partial charge in [-0.1, -0.05) is 11.6 Å². The quantitative estimate of drug-likeness (QED) is 0.269. The Kier molecular flexibility index (Phi) is 10.1. The van der Waals surface area contributed by atoms with Crippen LogP contribution in [0, 0.1) is 11.6 Å². The number of nitrogens with one attached hydrogen (secondary N) is 1. The highest BCUT2D eigenvalue weighted by Crippen LogP contribution is 2.38. The molecule has 1 saturated heterocycles. The second kappa shape index (κ2) is 13.2. The van der Waals surface area contributed by atoms with Gasteiger partial charge in [-0.3, -0.25) is 0 Å². The first-order valence-electron chi connectivity index (χ1n) is 14.2. The standard InChI is InChI=1S/C30H36ClF2N5O6S2/c1-29(2,3)43-27(39)36(7)19-10-11-37(15-19)24-12-18(32)8-9-22(24)35-23-14-21(33)25(13-20(23)31)46(41,42)38(26-16-45-17-34-26)28(40)44-30(4,5)6/h8-9,12-14,16-17,19,35H,10-11,15H2,1-7H3. The van der Waals surface area contributed by atoms with Crippen LogP contribution in [0.2, 0.25) is 5.02 Å². The third kappa shape index (κ3) is 8.17. The van der Waals surface area contributed by atoms with E-state index in [1.807, 2.05) is 4.90 Å². The fourth-order valence-corrected chi connectivity index (χ4v) is 6.83. The van der Waals surface area contributed by atoms with Crippen LogP contribution in [0.15, 0.2) is 46.1 Å². The van der Waals surface area contributed by atoms with Crippen molar-refractivity contribution in [3.05, 3.63) is 57.9 Å². The molecule has 0 saturated carbocycles. The van der Waals surface area contributed by atoms with E-state index in [2.05, 4.69) is 10.3 Å². The van der Waals surface area contributed by atoms with Crippen LogP contribution in [0.1, 0.15) is 48.0 Å². The summed E-state index contributed by atoms with van der Waals surface area (Å²) >= 11 is 7.51. The van der Waals surface area contributed by atoms with E-state index in [4.69, 9.17) is 21.1 Å². The van der Waals surface area contributed by atoms with Crippen LogP contribution in [0.4, 0.5) is 41.2 Å². The van der Waals surface area contributed by atoms with E-state index in [0.29, 0.717) is 30.9 Å². The molecule has 1 fully saturated rings. The van der Waals surface area contributed by atoms with E-state index in [1.165, 1.54) is 34.0 Å². The molecule has 250 valence electrons. The Labute approximate surface area is 276 Å². The van der Waals surface area contributed by atoms with Gasteiger partial charge < -0.3 is 24.6 Å². The predicted molar refractivity (Wildman–Crippen MR) is 174 cm³/mol. The third-order valence-electron chi connectivity index (χ3n) is 6.69. The number of hydrogen-bond donors (Lipinski definition) is 1. The number of carbonyl (C=O) groups excluding carboxylic acids is 2. The number of thiazole rings is 1. The van der Waals surface area contributed by atoms with E-state index in [-0.39, 0.29) is 26.9 Å². The van der Waals surface area contributed by atoms with E-state index in [1.54, 1.807) is 48.6 Å². The van der Waals surface area contributed by atoms with Crippen molar-refractivity contribution in [2.24, 2.45) is 0 Å². The summed E-state index contributed by atoms with van der Waals surface area (Å²) in [7, 11) is -3.24. The van der Waals surface area contributed by atoms with Gasteiger partial charge in [-0.2, -0.15) is 0 Å². The maximum absolute atomic E-state index is 15.6. The van der Waals surface area contributed by atoms with Crippen molar-refractivity contribution in [3.8, 4) is 0 Å². The number of sulfonamides is 1. The van der Waals surface area contributed by atoms with Crippen molar-refractivity contribution < 1.29 is 36.3 Å². The number of hydrogen-bond acceptors (Lipinski definition) is 10. The number of halogens is 3. The average molecular weight is 700 g/mol. The minimum Gasteiger partial charge on any atom is -0.444 e. The number of rotatable bonds is 7. The zero-order valence-electron chi connectivity index (χ0n) is 26.4. The van der Waals surface area contributed by atoms with Gasteiger partial charge >= 0.3 is 12.2 Å². The van der Waals surface area contributed by atoms with Crippen molar-refractivity contribution >= 4 is 68.0 Å². The van der Waals surface area contributed by atoms with Crippen LogP contribution in [0.5, 0.6) is 0 Å². The Morgan fingerprint density at radius 3 is 2.30 bits per heavy atom. The minimum absolute atomic E-state index is 0.00919. The van der Waals surface area contributed by atoms with Gasteiger partial charge in [0, 0.05) is 31.6 Å². The lowest BCUT2D eigenvalue weighted by Gasteiger charge is -2.29. The molecule has 1 aliphatic heterocycles. The van der Waals surface area contributed by atoms with Gasteiger partial charge in [0.1, 0.15) is 27.7 Å². The van der Waals surface area contributed by atoms with Gasteiger partial charge in [-0.15, -0.1) is 15.6 Å². The highest BCUT2D eigenvalue weighted by atomic mass is 35.5. The molecular formula is C30H36ClF2N5O6S2. The molecule has 11 nitrogen and oxygen atoms in total. The maximum Gasteiger partial charge on any atom is 0.430 e. The number of nitrogens with zero attached hydrogens (tertiary/aromatic N) is 4. The Bertz CT molecular complexity index is 1710. The largest absolute Gasteiger partial charge is 0.444 e. The number of ether oxygens (including phenoxy) is 2. The summed E-state index contributed by atoms with van der Waals surface area (Å²) in [5.41, 5.74) is 0.367. The molecule has 1 unspecified atom stereocenters. The molecule has 46 heavy (non-hydrogen) atoms. The number of likely N-dealkylation sites (N-methyl/N-ethyl adjacent to an activating group) is 1. The zero-order valence-corrected chi connectivity index (χ0v) is 28.8. The first-order chi connectivity index (χ1) is 21.3. The molecule has 0 aliphatic carbocycles. The molecule has 2 amide bonds. The summed E-state index contributed by atoms with van der Waals surface area (Å²) in [5, 5.41) is 4.09. The van der Waals surface area contributed by atoms with Crippen molar-refractivity contribution in [2.45, 2.75) is 70.1 Å². The molecular weight excluding hydrogens is 664 g/mol. The van der Waals surface area contributed by atoms with Crippen LogP contribution in [-0.2, 0) is 19.5 Å². The second-order valence-corrected chi connectivity index (χ2v) is 15.5. The van der Waals surface area contributed by atoms with Gasteiger partial charge in [-0.25, -0.2) is 31.8 Å². The molecule has 1 atom stereocenters. The van der Waals surface area contributed by atoms with E-state index >= 15 is 4.39 Å². The first kappa shape index (κ1) is 35.2. The molecule has 0 spiro atoms. The van der Waals surface area contributed by atoms with Crippen LogP contribution < -0.4 is 14.5 Å². The lowest BCUT2D eigenvalue weighted by molar-refractivity contribution is 0.0237. The fourth-order valence-electron chi connectivity index (χ4n) is 4.62. The average Bonchev–Trinajstić information content (AvgIpc) is 3.62.